The Bertz CT molecular complexity index is 620. The minimum atomic E-state index is -3.43. The number of carbonyl (C=O) groups is 1. The maximum atomic E-state index is 12.1. The third kappa shape index (κ3) is 5.94. The molecule has 0 aliphatic heterocycles. The van der Waals surface area contributed by atoms with Gasteiger partial charge in [-0.1, -0.05) is 6.07 Å². The molecule has 0 aliphatic rings. The Kier molecular flexibility index (Phi) is 6.85. The van der Waals surface area contributed by atoms with E-state index in [1.54, 1.807) is 19.1 Å². The molecule has 0 saturated carbocycles. The van der Waals surface area contributed by atoms with Gasteiger partial charge in [0.1, 0.15) is 0 Å². The topological polar surface area (TPSA) is 96.3 Å². The molecule has 0 saturated heterocycles. The Morgan fingerprint density at radius 2 is 2.14 bits per heavy atom. The van der Waals surface area contributed by atoms with E-state index in [4.69, 9.17) is 10.00 Å². The van der Waals surface area contributed by atoms with Crippen molar-refractivity contribution in [3.63, 3.8) is 0 Å². The first-order valence-corrected chi connectivity index (χ1v) is 8.24. The van der Waals surface area contributed by atoms with Crippen molar-refractivity contribution in [2.75, 3.05) is 25.4 Å². The first-order valence-electron chi connectivity index (χ1n) is 6.59. The third-order valence-corrected chi connectivity index (χ3v) is 4.39. The lowest BCUT2D eigenvalue weighted by molar-refractivity contribution is -0.142. The standard InChI is InChI=1S/C14H18N2O4S/c1-2-20-14(17)6-7-16-8-9-21(18,19)13-5-3-4-12(10-13)11-15/h3-5,10,16H,2,6-9H2,1H3. The van der Waals surface area contributed by atoms with Crippen LogP contribution in [-0.4, -0.2) is 39.8 Å². The largest absolute Gasteiger partial charge is 0.466 e. The highest BCUT2D eigenvalue weighted by molar-refractivity contribution is 7.91. The van der Waals surface area contributed by atoms with Gasteiger partial charge in [0.15, 0.2) is 9.84 Å². The summed E-state index contributed by atoms with van der Waals surface area (Å²) in [5.74, 6) is -0.403. The molecule has 6 nitrogen and oxygen atoms in total. The van der Waals surface area contributed by atoms with E-state index in [1.807, 2.05) is 6.07 Å². The zero-order valence-electron chi connectivity index (χ0n) is 11.8. The molecule has 0 aliphatic carbocycles. The van der Waals surface area contributed by atoms with E-state index in [-0.39, 0.29) is 29.6 Å². The number of nitrogens with zero attached hydrogens (tertiary/aromatic N) is 1. The van der Waals surface area contributed by atoms with Gasteiger partial charge in [-0.3, -0.25) is 4.79 Å². The van der Waals surface area contributed by atoms with E-state index in [0.717, 1.165) is 0 Å². The molecule has 0 bridgehead atoms. The first kappa shape index (κ1) is 17.1. The number of hydrogen-bond donors (Lipinski definition) is 1. The van der Waals surface area contributed by atoms with Crippen LogP contribution < -0.4 is 5.32 Å². The lowest BCUT2D eigenvalue weighted by Crippen LogP contribution is -2.25. The summed E-state index contributed by atoms with van der Waals surface area (Å²) in [5.41, 5.74) is 0.311. The fourth-order valence-corrected chi connectivity index (χ4v) is 2.87. The van der Waals surface area contributed by atoms with Crippen LogP contribution in [0, 0.1) is 11.3 Å². The molecule has 0 radical (unpaired) electrons. The number of sulfone groups is 1. The molecule has 0 aromatic heterocycles. The van der Waals surface area contributed by atoms with Crippen LogP contribution in [0.15, 0.2) is 29.2 Å². The van der Waals surface area contributed by atoms with Crippen molar-refractivity contribution in [1.29, 1.82) is 5.26 Å². The van der Waals surface area contributed by atoms with Gasteiger partial charge < -0.3 is 10.1 Å². The lowest BCUT2D eigenvalue weighted by atomic mass is 10.2. The summed E-state index contributed by atoms with van der Waals surface area (Å²) < 4.78 is 28.9. The lowest BCUT2D eigenvalue weighted by Gasteiger charge is -2.06. The van der Waals surface area contributed by atoms with E-state index in [9.17, 15) is 13.2 Å². The van der Waals surface area contributed by atoms with Crippen LogP contribution in [-0.2, 0) is 19.4 Å². The SMILES string of the molecule is CCOC(=O)CCNCCS(=O)(=O)c1cccc(C#N)c1. The summed E-state index contributed by atoms with van der Waals surface area (Å²) in [4.78, 5) is 11.2. The second-order valence-electron chi connectivity index (χ2n) is 4.26. The number of carbonyl (C=O) groups excluding carboxylic acids is 1. The normalized spacial score (nSPS) is 10.9. The summed E-state index contributed by atoms with van der Waals surface area (Å²) in [6.45, 7) is 2.67. The van der Waals surface area contributed by atoms with Crippen molar-refractivity contribution in [2.24, 2.45) is 0 Å². The van der Waals surface area contributed by atoms with Gasteiger partial charge in [-0.2, -0.15) is 5.26 Å². The van der Waals surface area contributed by atoms with Crippen LogP contribution in [0.3, 0.4) is 0 Å². The van der Waals surface area contributed by atoms with Crippen molar-refractivity contribution in [3.05, 3.63) is 29.8 Å². The summed E-state index contributed by atoms with van der Waals surface area (Å²) in [7, 11) is -3.43. The Morgan fingerprint density at radius 1 is 1.38 bits per heavy atom. The molecule has 7 heteroatoms. The molecule has 1 N–H and O–H groups in total. The Hall–Kier alpha value is -1.91. The molecule has 1 aromatic carbocycles. The van der Waals surface area contributed by atoms with Crippen LogP contribution in [0.25, 0.3) is 0 Å². The molecule has 114 valence electrons. The second-order valence-corrected chi connectivity index (χ2v) is 6.37. The number of rotatable bonds is 8. The zero-order chi connectivity index (χ0) is 15.7. The monoisotopic (exact) mass is 310 g/mol. The van der Waals surface area contributed by atoms with Gasteiger partial charge in [0.2, 0.25) is 0 Å². The van der Waals surface area contributed by atoms with Gasteiger partial charge >= 0.3 is 5.97 Å². The maximum absolute atomic E-state index is 12.1. The molecule has 1 aromatic rings. The molecular formula is C14H18N2O4S. The number of ether oxygens (including phenoxy) is 1. The molecular weight excluding hydrogens is 292 g/mol. The predicted molar refractivity (Wildman–Crippen MR) is 77.3 cm³/mol. The van der Waals surface area contributed by atoms with Gasteiger partial charge in [-0.25, -0.2) is 8.42 Å². The zero-order valence-corrected chi connectivity index (χ0v) is 12.6. The molecule has 1 rings (SSSR count). The summed E-state index contributed by atoms with van der Waals surface area (Å²) in [5, 5.41) is 11.7. The Labute approximate surface area is 124 Å². The number of hydrogen-bond acceptors (Lipinski definition) is 6. The summed E-state index contributed by atoms with van der Waals surface area (Å²) in [6, 6.07) is 7.82. The average molecular weight is 310 g/mol. The fourth-order valence-electron chi connectivity index (χ4n) is 1.63. The van der Waals surface area contributed by atoms with Gasteiger partial charge in [0, 0.05) is 13.1 Å². The molecule has 0 spiro atoms. The third-order valence-electron chi connectivity index (χ3n) is 2.68. The summed E-state index contributed by atoms with van der Waals surface area (Å²) >= 11 is 0. The van der Waals surface area contributed by atoms with Crippen LogP contribution in [0.1, 0.15) is 18.9 Å². The van der Waals surface area contributed by atoms with E-state index in [1.165, 1.54) is 12.1 Å². The highest BCUT2D eigenvalue weighted by atomic mass is 32.2. The fraction of sp³-hybridized carbons (Fsp3) is 0.429. The number of nitriles is 1. The quantitative estimate of drug-likeness (QED) is 0.565. The van der Waals surface area contributed by atoms with Gasteiger partial charge in [0.25, 0.3) is 0 Å². The van der Waals surface area contributed by atoms with Gasteiger partial charge in [0.05, 0.1) is 35.3 Å². The molecule has 0 unspecified atom stereocenters. The van der Waals surface area contributed by atoms with Crippen LogP contribution >= 0.6 is 0 Å². The van der Waals surface area contributed by atoms with E-state index in [0.29, 0.717) is 18.7 Å². The highest BCUT2D eigenvalue weighted by Crippen LogP contribution is 2.12. The molecule has 0 amide bonds. The maximum Gasteiger partial charge on any atom is 0.307 e. The van der Waals surface area contributed by atoms with Crippen molar-refractivity contribution in [3.8, 4) is 6.07 Å². The minimum Gasteiger partial charge on any atom is -0.466 e. The van der Waals surface area contributed by atoms with E-state index in [2.05, 4.69) is 5.32 Å². The first-order chi connectivity index (χ1) is 9.99. The molecule has 0 atom stereocenters. The summed E-state index contributed by atoms with van der Waals surface area (Å²) in [6.07, 6.45) is 0.206. The van der Waals surface area contributed by atoms with Gasteiger partial charge in [-0.05, 0) is 25.1 Å². The number of nitrogens with one attached hydrogen (secondary N) is 1. The van der Waals surface area contributed by atoms with Crippen molar-refractivity contribution < 1.29 is 17.9 Å². The van der Waals surface area contributed by atoms with Crippen LogP contribution in [0.5, 0.6) is 0 Å². The van der Waals surface area contributed by atoms with E-state index < -0.39 is 9.84 Å². The number of benzene rings is 1. The minimum absolute atomic E-state index is 0.0926. The number of esters is 1. The Morgan fingerprint density at radius 3 is 2.81 bits per heavy atom. The van der Waals surface area contributed by atoms with E-state index >= 15 is 0 Å². The van der Waals surface area contributed by atoms with Crippen molar-refractivity contribution in [1.82, 2.24) is 5.32 Å². The predicted octanol–water partition coefficient (Wildman–Crippen LogP) is 0.875. The molecule has 0 fully saturated rings. The highest BCUT2D eigenvalue weighted by Gasteiger charge is 2.14. The second kappa shape index (κ2) is 8.39. The molecule has 21 heavy (non-hydrogen) atoms. The van der Waals surface area contributed by atoms with Crippen LogP contribution in [0.4, 0.5) is 0 Å². The van der Waals surface area contributed by atoms with Gasteiger partial charge in [-0.15, -0.1) is 0 Å². The van der Waals surface area contributed by atoms with Crippen molar-refractivity contribution in [2.45, 2.75) is 18.2 Å². The smallest absolute Gasteiger partial charge is 0.307 e. The average Bonchev–Trinajstić information content (AvgIpc) is 2.47. The Balaban J connectivity index is 2.43. The molecule has 0 heterocycles. The van der Waals surface area contributed by atoms with Crippen LogP contribution in [0.2, 0.25) is 0 Å². The van der Waals surface area contributed by atoms with Crippen molar-refractivity contribution >= 4 is 15.8 Å².